The van der Waals surface area contributed by atoms with Crippen LogP contribution in [0.15, 0.2) is 52.9 Å². The molecule has 0 bridgehead atoms. The molecule has 1 heterocycles. The minimum Gasteiger partial charge on any atom is -0.484 e. The van der Waals surface area contributed by atoms with Crippen molar-refractivity contribution < 1.29 is 13.9 Å². The summed E-state index contributed by atoms with van der Waals surface area (Å²) < 4.78 is 11.3. The van der Waals surface area contributed by atoms with Gasteiger partial charge in [-0.15, -0.1) is 0 Å². The van der Waals surface area contributed by atoms with Gasteiger partial charge < -0.3 is 14.9 Å². The van der Waals surface area contributed by atoms with Gasteiger partial charge in [-0.3, -0.25) is 4.79 Å². The van der Waals surface area contributed by atoms with E-state index in [0.29, 0.717) is 11.6 Å². The fraction of sp³-hybridized carbons (Fsp3) is 0.158. The molecule has 0 atom stereocenters. The van der Waals surface area contributed by atoms with Crippen molar-refractivity contribution in [3.8, 4) is 17.0 Å². The number of benzene rings is 2. The lowest BCUT2D eigenvalue weighted by Gasteiger charge is -2.08. The number of primary amides is 1. The van der Waals surface area contributed by atoms with Gasteiger partial charge in [0.2, 0.25) is 11.7 Å². The van der Waals surface area contributed by atoms with Crippen LogP contribution in [0.1, 0.15) is 27.6 Å². The molecule has 0 unspecified atom stereocenters. The van der Waals surface area contributed by atoms with E-state index in [1.807, 2.05) is 62.4 Å². The molecule has 0 saturated heterocycles. The molecule has 1 amide bonds. The van der Waals surface area contributed by atoms with Gasteiger partial charge in [-0.25, -0.2) is 4.98 Å². The number of nitrogens with zero attached hydrogens (tertiary/aromatic N) is 1. The SMILES string of the molecule is Cc1cccc(OCc2nc(-c3ccccc3)c(C(N)=O)o2)c1C. The highest BCUT2D eigenvalue weighted by atomic mass is 16.5. The van der Waals surface area contributed by atoms with Crippen molar-refractivity contribution in [1.82, 2.24) is 4.98 Å². The second-order valence-corrected chi connectivity index (χ2v) is 5.50. The van der Waals surface area contributed by atoms with Crippen LogP contribution in [-0.4, -0.2) is 10.9 Å². The second kappa shape index (κ2) is 6.58. The quantitative estimate of drug-likeness (QED) is 0.778. The summed E-state index contributed by atoms with van der Waals surface area (Å²) in [6, 6.07) is 15.1. The third-order valence-electron chi connectivity index (χ3n) is 3.85. The van der Waals surface area contributed by atoms with Crippen molar-refractivity contribution in [1.29, 1.82) is 0 Å². The van der Waals surface area contributed by atoms with Gasteiger partial charge in [-0.1, -0.05) is 42.5 Å². The van der Waals surface area contributed by atoms with Crippen LogP contribution in [0.3, 0.4) is 0 Å². The first kappa shape index (κ1) is 15.8. The number of ether oxygens (including phenoxy) is 1. The lowest BCUT2D eigenvalue weighted by molar-refractivity contribution is 0.0970. The van der Waals surface area contributed by atoms with E-state index in [0.717, 1.165) is 22.4 Å². The number of aromatic nitrogens is 1. The number of carbonyl (C=O) groups excluding carboxylic acids is 1. The van der Waals surface area contributed by atoms with Crippen LogP contribution >= 0.6 is 0 Å². The van der Waals surface area contributed by atoms with E-state index in [-0.39, 0.29) is 12.4 Å². The third kappa shape index (κ3) is 3.15. The van der Waals surface area contributed by atoms with Crippen molar-refractivity contribution >= 4 is 5.91 Å². The predicted octanol–water partition coefficient (Wildman–Crippen LogP) is 3.64. The van der Waals surface area contributed by atoms with Crippen molar-refractivity contribution in [2.75, 3.05) is 0 Å². The monoisotopic (exact) mass is 322 g/mol. The molecule has 0 aliphatic carbocycles. The Morgan fingerprint density at radius 1 is 1.12 bits per heavy atom. The van der Waals surface area contributed by atoms with Crippen molar-refractivity contribution in [2.24, 2.45) is 5.73 Å². The van der Waals surface area contributed by atoms with Crippen molar-refractivity contribution in [3.63, 3.8) is 0 Å². The minimum absolute atomic E-state index is 0.0424. The van der Waals surface area contributed by atoms with E-state index >= 15 is 0 Å². The molecule has 0 aliphatic heterocycles. The lowest BCUT2D eigenvalue weighted by atomic mass is 10.1. The highest BCUT2D eigenvalue weighted by Crippen LogP contribution is 2.25. The Balaban J connectivity index is 1.87. The maximum atomic E-state index is 11.6. The number of nitrogens with two attached hydrogens (primary N) is 1. The standard InChI is InChI=1S/C19H18N2O3/c1-12-7-6-10-15(13(12)2)23-11-16-21-17(18(24-16)19(20)22)14-8-4-3-5-9-14/h3-10H,11H2,1-2H3,(H2,20,22). The predicted molar refractivity (Wildman–Crippen MR) is 90.7 cm³/mol. The fourth-order valence-electron chi connectivity index (χ4n) is 2.40. The molecular weight excluding hydrogens is 304 g/mol. The fourth-order valence-corrected chi connectivity index (χ4v) is 2.40. The summed E-state index contributed by atoms with van der Waals surface area (Å²) in [5.74, 6) is 0.457. The lowest BCUT2D eigenvalue weighted by Crippen LogP contribution is -2.11. The largest absolute Gasteiger partial charge is 0.484 e. The van der Waals surface area contributed by atoms with Gasteiger partial charge in [-0.2, -0.15) is 0 Å². The van der Waals surface area contributed by atoms with Crippen molar-refractivity contribution in [2.45, 2.75) is 20.5 Å². The van der Waals surface area contributed by atoms with E-state index in [1.165, 1.54) is 0 Å². The number of amides is 1. The molecule has 5 nitrogen and oxygen atoms in total. The molecule has 24 heavy (non-hydrogen) atoms. The van der Waals surface area contributed by atoms with Gasteiger partial charge in [0.1, 0.15) is 11.4 Å². The van der Waals surface area contributed by atoms with Crippen LogP contribution in [-0.2, 0) is 6.61 Å². The molecule has 0 saturated carbocycles. The molecule has 0 radical (unpaired) electrons. The van der Waals surface area contributed by atoms with Crippen LogP contribution in [0.4, 0.5) is 0 Å². The Bertz CT molecular complexity index is 870. The van der Waals surface area contributed by atoms with Crippen LogP contribution in [0, 0.1) is 13.8 Å². The van der Waals surface area contributed by atoms with Crippen LogP contribution in [0.2, 0.25) is 0 Å². The number of rotatable bonds is 5. The molecule has 1 aromatic heterocycles. The molecule has 122 valence electrons. The zero-order valence-electron chi connectivity index (χ0n) is 13.6. The summed E-state index contributed by atoms with van der Waals surface area (Å²) >= 11 is 0. The molecule has 0 aliphatic rings. The Kier molecular flexibility index (Phi) is 4.33. The molecule has 0 fully saturated rings. The summed E-state index contributed by atoms with van der Waals surface area (Å²) in [5.41, 5.74) is 8.81. The topological polar surface area (TPSA) is 78.4 Å². The molecule has 2 aromatic carbocycles. The minimum atomic E-state index is -0.653. The Morgan fingerprint density at radius 3 is 2.58 bits per heavy atom. The zero-order valence-corrected chi connectivity index (χ0v) is 13.6. The van der Waals surface area contributed by atoms with Gasteiger partial charge in [-0.05, 0) is 31.0 Å². The summed E-state index contributed by atoms with van der Waals surface area (Å²) in [5, 5.41) is 0. The average Bonchev–Trinajstić information content (AvgIpc) is 3.02. The number of hydrogen-bond donors (Lipinski definition) is 1. The number of hydrogen-bond acceptors (Lipinski definition) is 4. The molecule has 5 heteroatoms. The van der Waals surface area contributed by atoms with Gasteiger partial charge in [0.05, 0.1) is 0 Å². The highest BCUT2D eigenvalue weighted by molar-refractivity contribution is 5.96. The molecule has 3 rings (SSSR count). The highest BCUT2D eigenvalue weighted by Gasteiger charge is 2.19. The second-order valence-electron chi connectivity index (χ2n) is 5.50. The van der Waals surface area contributed by atoms with Gasteiger partial charge in [0.25, 0.3) is 5.91 Å². The third-order valence-corrected chi connectivity index (χ3v) is 3.85. The number of carbonyl (C=O) groups is 1. The summed E-state index contributed by atoms with van der Waals surface area (Å²) in [7, 11) is 0. The van der Waals surface area contributed by atoms with Gasteiger partial charge >= 0.3 is 0 Å². The molecule has 2 N–H and O–H groups in total. The number of oxazole rings is 1. The zero-order chi connectivity index (χ0) is 17.1. The smallest absolute Gasteiger partial charge is 0.286 e. The molecule has 0 spiro atoms. The summed E-state index contributed by atoms with van der Waals surface area (Å²) in [6.45, 7) is 4.13. The van der Waals surface area contributed by atoms with E-state index < -0.39 is 5.91 Å². The normalized spacial score (nSPS) is 10.6. The first-order chi connectivity index (χ1) is 11.6. The first-order valence-corrected chi connectivity index (χ1v) is 7.60. The maximum absolute atomic E-state index is 11.6. The first-order valence-electron chi connectivity index (χ1n) is 7.60. The molecule has 3 aromatic rings. The summed E-state index contributed by atoms with van der Waals surface area (Å²) in [4.78, 5) is 16.0. The Hall–Kier alpha value is -3.08. The van der Waals surface area contributed by atoms with E-state index in [1.54, 1.807) is 0 Å². The van der Waals surface area contributed by atoms with E-state index in [4.69, 9.17) is 14.9 Å². The van der Waals surface area contributed by atoms with Gasteiger partial charge in [0, 0.05) is 5.56 Å². The van der Waals surface area contributed by atoms with Gasteiger partial charge in [0.15, 0.2) is 6.61 Å². The van der Waals surface area contributed by atoms with E-state index in [9.17, 15) is 4.79 Å². The average molecular weight is 322 g/mol. The van der Waals surface area contributed by atoms with Crippen LogP contribution in [0.25, 0.3) is 11.3 Å². The molecular formula is C19H18N2O3. The van der Waals surface area contributed by atoms with E-state index in [2.05, 4.69) is 4.98 Å². The maximum Gasteiger partial charge on any atom is 0.286 e. The Labute approximate surface area is 140 Å². The summed E-state index contributed by atoms with van der Waals surface area (Å²) in [6.07, 6.45) is 0. The van der Waals surface area contributed by atoms with Crippen LogP contribution < -0.4 is 10.5 Å². The Morgan fingerprint density at radius 2 is 1.88 bits per heavy atom. The van der Waals surface area contributed by atoms with Crippen LogP contribution in [0.5, 0.6) is 5.75 Å². The van der Waals surface area contributed by atoms with Crippen molar-refractivity contribution in [3.05, 3.63) is 71.3 Å². The number of aryl methyl sites for hydroxylation is 1.